The first-order chi connectivity index (χ1) is 10.4. The van der Waals surface area contributed by atoms with Crippen LogP contribution in [0.15, 0.2) is 38.7 Å². The third-order valence-corrected chi connectivity index (χ3v) is 5.05. The van der Waals surface area contributed by atoms with Crippen LogP contribution in [-0.2, 0) is 23.5 Å². The lowest BCUT2D eigenvalue weighted by Crippen LogP contribution is -2.25. The lowest BCUT2D eigenvalue weighted by molar-refractivity contribution is 0.348. The summed E-state index contributed by atoms with van der Waals surface area (Å²) in [4.78, 5) is 15.7. The second-order valence-electron chi connectivity index (χ2n) is 4.79. The van der Waals surface area contributed by atoms with E-state index in [0.717, 1.165) is 5.56 Å². The second-order valence-corrected chi connectivity index (χ2v) is 7.35. The normalized spacial score (nSPS) is 13.5. The van der Waals surface area contributed by atoms with E-state index < -0.39 is 15.6 Å². The number of hydrogen-bond acceptors (Lipinski definition) is 5. The number of aromatic nitrogens is 2. The lowest BCUT2D eigenvalue weighted by Gasteiger charge is -2.11. The Morgan fingerprint density at radius 1 is 1.41 bits per heavy atom. The maximum Gasteiger partial charge on any atom is 0.294 e. The van der Waals surface area contributed by atoms with Gasteiger partial charge in [0, 0.05) is 35.9 Å². The number of ether oxygens (including phenoxy) is 1. The van der Waals surface area contributed by atoms with Crippen LogP contribution in [-0.4, -0.2) is 24.6 Å². The van der Waals surface area contributed by atoms with Crippen molar-refractivity contribution < 1.29 is 13.2 Å². The number of aryl methyl sites for hydroxylation is 1. The Bertz CT molecular complexity index is 908. The Morgan fingerprint density at radius 2 is 2.18 bits per heavy atom. The van der Waals surface area contributed by atoms with Gasteiger partial charge in [-0.2, -0.15) is 0 Å². The summed E-state index contributed by atoms with van der Waals surface area (Å²) < 4.78 is 34.7. The second kappa shape index (κ2) is 5.40. The zero-order valence-electron chi connectivity index (χ0n) is 11.5. The lowest BCUT2D eigenvalue weighted by atomic mass is 10.2. The zero-order chi connectivity index (χ0) is 15.9. The molecule has 0 saturated carbocycles. The van der Waals surface area contributed by atoms with Gasteiger partial charge in [-0.05, 0) is 12.1 Å². The largest absolute Gasteiger partial charge is 0.492 e. The van der Waals surface area contributed by atoms with Gasteiger partial charge in [0.1, 0.15) is 10.6 Å². The third kappa shape index (κ3) is 2.61. The van der Waals surface area contributed by atoms with Gasteiger partial charge in [-0.15, -0.1) is 0 Å². The molecular weight excluding hydrogens is 374 g/mol. The number of benzene rings is 1. The van der Waals surface area contributed by atoms with Gasteiger partial charge in [-0.25, -0.2) is 13.4 Å². The standard InChI is InChI=1S/C13H12BrN3O4S/c1-17-4-3-15-12(13(17)18)16-22(19,20)10-7-9(14)6-8-2-5-21-11(8)10/h3-4,6-7H,2,5H2,1H3,(H,15,16). The quantitative estimate of drug-likeness (QED) is 0.859. The van der Waals surface area contributed by atoms with E-state index in [1.54, 1.807) is 0 Å². The molecule has 0 fully saturated rings. The highest BCUT2D eigenvalue weighted by molar-refractivity contribution is 9.10. The molecule has 0 atom stereocenters. The van der Waals surface area contributed by atoms with Gasteiger partial charge in [0.2, 0.25) is 5.82 Å². The highest BCUT2D eigenvalue weighted by Gasteiger charge is 2.27. The van der Waals surface area contributed by atoms with Gasteiger partial charge in [-0.3, -0.25) is 9.52 Å². The number of fused-ring (bicyclic) bond motifs is 1. The van der Waals surface area contributed by atoms with Gasteiger partial charge in [-0.1, -0.05) is 15.9 Å². The number of nitrogens with zero attached hydrogens (tertiary/aromatic N) is 2. The van der Waals surface area contributed by atoms with E-state index in [4.69, 9.17) is 4.74 Å². The van der Waals surface area contributed by atoms with Crippen LogP contribution in [0, 0.1) is 0 Å². The number of rotatable bonds is 3. The fourth-order valence-corrected chi connectivity index (χ4v) is 4.06. The summed E-state index contributed by atoms with van der Waals surface area (Å²) >= 11 is 3.29. The Kier molecular flexibility index (Phi) is 3.69. The first kappa shape index (κ1) is 15.0. The monoisotopic (exact) mass is 385 g/mol. The molecule has 2 heterocycles. The summed E-state index contributed by atoms with van der Waals surface area (Å²) in [6.07, 6.45) is 3.43. The number of sulfonamides is 1. The molecule has 1 aliphatic rings. The highest BCUT2D eigenvalue weighted by atomic mass is 79.9. The number of nitrogens with one attached hydrogen (secondary N) is 1. The van der Waals surface area contributed by atoms with Gasteiger partial charge < -0.3 is 9.30 Å². The number of halogens is 1. The van der Waals surface area contributed by atoms with Gasteiger partial charge in [0.15, 0.2) is 0 Å². The summed E-state index contributed by atoms with van der Waals surface area (Å²) in [6, 6.07) is 3.26. The fourth-order valence-electron chi connectivity index (χ4n) is 2.18. The summed E-state index contributed by atoms with van der Waals surface area (Å²) in [6.45, 7) is 0.430. The molecule has 7 nitrogen and oxygen atoms in total. The van der Waals surface area contributed by atoms with E-state index in [2.05, 4.69) is 25.6 Å². The minimum Gasteiger partial charge on any atom is -0.492 e. The maximum atomic E-state index is 12.6. The molecule has 0 bridgehead atoms. The maximum absolute atomic E-state index is 12.6. The van der Waals surface area contributed by atoms with Gasteiger partial charge in [0.25, 0.3) is 15.6 Å². The smallest absolute Gasteiger partial charge is 0.294 e. The van der Waals surface area contributed by atoms with E-state index in [-0.39, 0.29) is 10.7 Å². The van der Waals surface area contributed by atoms with Crippen LogP contribution in [0.2, 0.25) is 0 Å². The fraction of sp³-hybridized carbons (Fsp3) is 0.231. The van der Waals surface area contributed by atoms with E-state index in [0.29, 0.717) is 23.2 Å². The van der Waals surface area contributed by atoms with Crippen molar-refractivity contribution in [2.24, 2.45) is 7.05 Å². The van der Waals surface area contributed by atoms with Crippen molar-refractivity contribution in [3.63, 3.8) is 0 Å². The Labute approximate surface area is 135 Å². The first-order valence-electron chi connectivity index (χ1n) is 6.38. The van der Waals surface area contributed by atoms with Gasteiger partial charge >= 0.3 is 0 Å². The first-order valence-corrected chi connectivity index (χ1v) is 8.66. The van der Waals surface area contributed by atoms with E-state index in [1.807, 2.05) is 6.07 Å². The minimum absolute atomic E-state index is 0.0120. The molecule has 22 heavy (non-hydrogen) atoms. The minimum atomic E-state index is -3.98. The zero-order valence-corrected chi connectivity index (χ0v) is 13.9. The summed E-state index contributed by atoms with van der Waals surface area (Å²) in [5.41, 5.74) is 0.280. The van der Waals surface area contributed by atoms with Crippen LogP contribution in [0.4, 0.5) is 5.82 Å². The van der Waals surface area contributed by atoms with E-state index in [9.17, 15) is 13.2 Å². The van der Waals surface area contributed by atoms with Crippen molar-refractivity contribution >= 4 is 31.8 Å². The molecule has 0 aliphatic carbocycles. The van der Waals surface area contributed by atoms with Crippen molar-refractivity contribution in [3.8, 4) is 5.75 Å². The van der Waals surface area contributed by atoms with E-state index in [1.165, 1.54) is 30.1 Å². The third-order valence-electron chi connectivity index (χ3n) is 3.25. The molecule has 3 rings (SSSR count). The predicted octanol–water partition coefficient (Wildman–Crippen LogP) is 1.28. The Hall–Kier alpha value is -1.87. The molecule has 0 amide bonds. The molecule has 1 N–H and O–H groups in total. The van der Waals surface area contributed by atoms with Gasteiger partial charge in [0.05, 0.1) is 6.61 Å². The van der Waals surface area contributed by atoms with Crippen LogP contribution in [0.3, 0.4) is 0 Å². The van der Waals surface area contributed by atoms with Crippen LogP contribution in [0.5, 0.6) is 5.75 Å². The summed E-state index contributed by atoms with van der Waals surface area (Å²) in [5.74, 6) is 0.0696. The molecule has 1 aromatic heterocycles. The SMILES string of the molecule is Cn1ccnc(NS(=O)(=O)c2cc(Br)cc3c2OCC3)c1=O. The molecule has 1 aromatic carbocycles. The number of hydrogen-bond donors (Lipinski definition) is 1. The average Bonchev–Trinajstić information content (AvgIpc) is 2.90. The highest BCUT2D eigenvalue weighted by Crippen LogP contribution is 2.36. The predicted molar refractivity (Wildman–Crippen MR) is 83.6 cm³/mol. The number of anilines is 1. The molecule has 0 saturated heterocycles. The average molecular weight is 386 g/mol. The molecular formula is C13H12BrN3O4S. The van der Waals surface area contributed by atoms with Crippen LogP contribution in [0.1, 0.15) is 5.56 Å². The molecule has 1 aliphatic heterocycles. The molecule has 0 unspecified atom stereocenters. The van der Waals surface area contributed by atoms with E-state index >= 15 is 0 Å². The molecule has 116 valence electrons. The van der Waals surface area contributed by atoms with Crippen molar-refractivity contribution in [3.05, 3.63) is 44.9 Å². The van der Waals surface area contributed by atoms with Crippen molar-refractivity contribution in [1.29, 1.82) is 0 Å². The van der Waals surface area contributed by atoms with Crippen LogP contribution >= 0.6 is 15.9 Å². The molecule has 0 radical (unpaired) electrons. The molecule has 9 heteroatoms. The van der Waals surface area contributed by atoms with Crippen LogP contribution in [0.25, 0.3) is 0 Å². The van der Waals surface area contributed by atoms with Crippen molar-refractivity contribution in [1.82, 2.24) is 9.55 Å². The van der Waals surface area contributed by atoms with Crippen molar-refractivity contribution in [2.45, 2.75) is 11.3 Å². The van der Waals surface area contributed by atoms with Crippen LogP contribution < -0.4 is 15.0 Å². The van der Waals surface area contributed by atoms with Crippen molar-refractivity contribution in [2.75, 3.05) is 11.3 Å². The molecule has 0 spiro atoms. The Balaban J connectivity index is 2.08. The Morgan fingerprint density at radius 3 is 2.95 bits per heavy atom. The summed E-state index contributed by atoms with van der Waals surface area (Å²) in [7, 11) is -2.47. The topological polar surface area (TPSA) is 90.3 Å². The summed E-state index contributed by atoms with van der Waals surface area (Å²) in [5, 5.41) is 0. The molecule has 2 aromatic rings.